The molecule has 1 heterocycles. The Bertz CT molecular complexity index is 856. The second-order valence-electron chi connectivity index (χ2n) is 4.69. The summed E-state index contributed by atoms with van der Waals surface area (Å²) in [5.74, 6) is -0.192. The molecule has 1 N–H and O–H groups in total. The van der Waals surface area contributed by atoms with Crippen molar-refractivity contribution >= 4 is 22.5 Å². The molecule has 3 rings (SSSR count). The molecular weight excluding hydrogens is 264 g/mol. The molecule has 0 radical (unpaired) electrons. The van der Waals surface area contributed by atoms with Crippen molar-refractivity contribution in [2.45, 2.75) is 0 Å². The monoisotopic (exact) mass is 276 g/mol. The highest BCUT2D eigenvalue weighted by atomic mass is 16.1. The highest BCUT2D eigenvalue weighted by Gasteiger charge is 2.08. The van der Waals surface area contributed by atoms with Gasteiger partial charge in [0.05, 0.1) is 23.3 Å². The van der Waals surface area contributed by atoms with Gasteiger partial charge in [0, 0.05) is 23.7 Å². The lowest BCUT2D eigenvalue weighted by molar-refractivity contribution is 0.102. The summed E-state index contributed by atoms with van der Waals surface area (Å²) >= 11 is 0. The second kappa shape index (κ2) is 5.10. The van der Waals surface area contributed by atoms with Gasteiger partial charge in [-0.05, 0) is 36.4 Å². The molecule has 0 atom stereocenters. The van der Waals surface area contributed by atoms with Crippen LogP contribution in [0.15, 0.2) is 48.7 Å². The van der Waals surface area contributed by atoms with Crippen LogP contribution < -0.4 is 5.32 Å². The zero-order chi connectivity index (χ0) is 14.8. The minimum Gasteiger partial charge on any atom is -0.322 e. The number of nitriles is 1. The van der Waals surface area contributed by atoms with Gasteiger partial charge < -0.3 is 5.32 Å². The number of fused-ring (bicyclic) bond motifs is 1. The SMILES string of the molecule is Cn1ncc2ccc(C(=O)Nc3ccc(C#N)cc3)cc21. The van der Waals surface area contributed by atoms with Crippen molar-refractivity contribution in [2.75, 3.05) is 5.32 Å². The number of rotatable bonds is 2. The number of nitrogens with one attached hydrogen (secondary N) is 1. The first kappa shape index (κ1) is 12.9. The number of hydrogen-bond acceptors (Lipinski definition) is 3. The lowest BCUT2D eigenvalue weighted by atomic mass is 10.1. The van der Waals surface area contributed by atoms with Gasteiger partial charge in [0.1, 0.15) is 0 Å². The van der Waals surface area contributed by atoms with Gasteiger partial charge in [-0.3, -0.25) is 9.48 Å². The summed E-state index contributed by atoms with van der Waals surface area (Å²) in [6, 6.07) is 14.2. The van der Waals surface area contributed by atoms with Gasteiger partial charge in [-0.25, -0.2) is 0 Å². The first-order valence-electron chi connectivity index (χ1n) is 6.40. The third-order valence-electron chi connectivity index (χ3n) is 3.28. The fourth-order valence-corrected chi connectivity index (χ4v) is 2.12. The van der Waals surface area contributed by atoms with Crippen LogP contribution in [-0.2, 0) is 7.05 Å². The predicted octanol–water partition coefficient (Wildman–Crippen LogP) is 2.70. The van der Waals surface area contributed by atoms with E-state index in [0.717, 1.165) is 10.9 Å². The summed E-state index contributed by atoms with van der Waals surface area (Å²) in [4.78, 5) is 12.2. The Morgan fingerprint density at radius 3 is 2.71 bits per heavy atom. The summed E-state index contributed by atoms with van der Waals surface area (Å²) in [5.41, 5.74) is 2.69. The van der Waals surface area contributed by atoms with Crippen molar-refractivity contribution in [3.05, 3.63) is 59.8 Å². The van der Waals surface area contributed by atoms with Crippen molar-refractivity contribution in [2.24, 2.45) is 7.05 Å². The molecule has 0 aliphatic rings. The molecule has 5 heteroatoms. The highest BCUT2D eigenvalue weighted by Crippen LogP contribution is 2.16. The maximum absolute atomic E-state index is 12.2. The van der Waals surface area contributed by atoms with Crippen LogP contribution in [0.3, 0.4) is 0 Å². The number of anilines is 1. The molecule has 0 saturated carbocycles. The summed E-state index contributed by atoms with van der Waals surface area (Å²) in [6.07, 6.45) is 1.76. The largest absolute Gasteiger partial charge is 0.322 e. The van der Waals surface area contributed by atoms with Crippen LogP contribution in [0, 0.1) is 11.3 Å². The zero-order valence-electron chi connectivity index (χ0n) is 11.4. The molecule has 0 unspecified atom stereocenters. The van der Waals surface area contributed by atoms with Crippen LogP contribution in [0.1, 0.15) is 15.9 Å². The van der Waals surface area contributed by atoms with Crippen molar-refractivity contribution in [3.63, 3.8) is 0 Å². The van der Waals surface area contributed by atoms with Gasteiger partial charge in [0.15, 0.2) is 0 Å². The third-order valence-corrected chi connectivity index (χ3v) is 3.28. The molecule has 102 valence electrons. The molecule has 2 aromatic carbocycles. The van der Waals surface area contributed by atoms with E-state index in [9.17, 15) is 4.79 Å². The van der Waals surface area contributed by atoms with E-state index in [1.54, 1.807) is 47.3 Å². The smallest absolute Gasteiger partial charge is 0.255 e. The average Bonchev–Trinajstić information content (AvgIpc) is 2.89. The van der Waals surface area contributed by atoms with Crippen LogP contribution >= 0.6 is 0 Å². The fraction of sp³-hybridized carbons (Fsp3) is 0.0625. The Hall–Kier alpha value is -3.13. The maximum Gasteiger partial charge on any atom is 0.255 e. The van der Waals surface area contributed by atoms with Gasteiger partial charge >= 0.3 is 0 Å². The van der Waals surface area contributed by atoms with Crippen molar-refractivity contribution < 1.29 is 4.79 Å². The number of hydrogen-bond donors (Lipinski definition) is 1. The van der Waals surface area contributed by atoms with Gasteiger partial charge in [0.25, 0.3) is 5.91 Å². The number of amides is 1. The lowest BCUT2D eigenvalue weighted by Crippen LogP contribution is -2.11. The molecule has 0 spiro atoms. The Morgan fingerprint density at radius 2 is 2.00 bits per heavy atom. The first-order valence-corrected chi connectivity index (χ1v) is 6.40. The summed E-state index contributed by atoms with van der Waals surface area (Å²) in [7, 11) is 1.84. The average molecular weight is 276 g/mol. The number of carbonyl (C=O) groups excluding carboxylic acids is 1. The minimum absolute atomic E-state index is 0.192. The Balaban J connectivity index is 1.85. The number of carbonyl (C=O) groups is 1. The molecule has 21 heavy (non-hydrogen) atoms. The molecule has 0 fully saturated rings. The predicted molar refractivity (Wildman–Crippen MR) is 79.8 cm³/mol. The summed E-state index contributed by atoms with van der Waals surface area (Å²) in [6.45, 7) is 0. The summed E-state index contributed by atoms with van der Waals surface area (Å²) < 4.78 is 1.73. The van der Waals surface area contributed by atoms with Gasteiger partial charge in [-0.15, -0.1) is 0 Å². The van der Waals surface area contributed by atoms with Gasteiger partial charge in [-0.2, -0.15) is 10.4 Å². The Morgan fingerprint density at radius 1 is 1.24 bits per heavy atom. The van der Waals surface area contributed by atoms with Crippen LogP contribution in [0.5, 0.6) is 0 Å². The van der Waals surface area contributed by atoms with E-state index < -0.39 is 0 Å². The molecule has 0 saturated heterocycles. The van der Waals surface area contributed by atoms with Crippen LogP contribution in [0.2, 0.25) is 0 Å². The summed E-state index contributed by atoms with van der Waals surface area (Å²) in [5, 5.41) is 16.7. The lowest BCUT2D eigenvalue weighted by Gasteiger charge is -2.05. The van der Waals surface area contributed by atoms with Gasteiger partial charge in [0.2, 0.25) is 0 Å². The van der Waals surface area contributed by atoms with Crippen molar-refractivity contribution in [3.8, 4) is 6.07 Å². The number of aryl methyl sites for hydroxylation is 1. The van der Waals surface area contributed by atoms with Crippen molar-refractivity contribution in [1.29, 1.82) is 5.26 Å². The standard InChI is InChI=1S/C16H12N4O/c1-20-15-8-12(4-5-13(15)10-18-20)16(21)19-14-6-2-11(9-17)3-7-14/h2-8,10H,1H3,(H,19,21). The molecule has 0 bridgehead atoms. The third kappa shape index (κ3) is 2.47. The van der Waals surface area contributed by atoms with Crippen LogP contribution in [-0.4, -0.2) is 15.7 Å². The molecule has 1 aromatic heterocycles. The Kier molecular flexibility index (Phi) is 3.13. The van der Waals surface area contributed by atoms with E-state index in [2.05, 4.69) is 10.4 Å². The van der Waals surface area contributed by atoms with E-state index in [1.165, 1.54) is 0 Å². The van der Waals surface area contributed by atoms with E-state index in [1.807, 2.05) is 19.2 Å². The first-order chi connectivity index (χ1) is 10.2. The van der Waals surface area contributed by atoms with E-state index >= 15 is 0 Å². The fourth-order valence-electron chi connectivity index (χ4n) is 2.12. The number of aromatic nitrogens is 2. The number of nitrogens with zero attached hydrogens (tertiary/aromatic N) is 3. The van der Waals surface area contributed by atoms with E-state index in [0.29, 0.717) is 16.8 Å². The Labute approximate surface area is 121 Å². The second-order valence-corrected chi connectivity index (χ2v) is 4.69. The molecular formula is C16H12N4O. The quantitative estimate of drug-likeness (QED) is 0.782. The van der Waals surface area contributed by atoms with Crippen LogP contribution in [0.4, 0.5) is 5.69 Å². The van der Waals surface area contributed by atoms with Gasteiger partial charge in [-0.1, -0.05) is 6.07 Å². The molecule has 0 aliphatic heterocycles. The van der Waals surface area contributed by atoms with E-state index in [4.69, 9.17) is 5.26 Å². The number of benzene rings is 2. The molecule has 5 nitrogen and oxygen atoms in total. The topological polar surface area (TPSA) is 70.7 Å². The molecule has 0 aliphatic carbocycles. The minimum atomic E-state index is -0.192. The maximum atomic E-state index is 12.2. The molecule has 3 aromatic rings. The van der Waals surface area contributed by atoms with Crippen molar-refractivity contribution in [1.82, 2.24) is 9.78 Å². The normalized spacial score (nSPS) is 10.3. The zero-order valence-corrected chi connectivity index (χ0v) is 11.4. The van der Waals surface area contributed by atoms with E-state index in [-0.39, 0.29) is 5.91 Å². The van der Waals surface area contributed by atoms with Crippen LogP contribution in [0.25, 0.3) is 10.9 Å². The molecule has 1 amide bonds. The highest BCUT2D eigenvalue weighted by molar-refractivity contribution is 6.06.